The van der Waals surface area contributed by atoms with E-state index in [0.717, 1.165) is 12.8 Å². The summed E-state index contributed by atoms with van der Waals surface area (Å²) in [7, 11) is -2.75. The second-order valence-electron chi connectivity index (χ2n) is 5.68. The molecule has 2 rings (SSSR count). The van der Waals surface area contributed by atoms with Gasteiger partial charge < -0.3 is 0 Å². The van der Waals surface area contributed by atoms with Crippen molar-refractivity contribution in [2.45, 2.75) is 51.0 Å². The van der Waals surface area contributed by atoms with E-state index >= 15 is 0 Å². The Morgan fingerprint density at radius 1 is 1.18 bits per heavy atom. The minimum atomic E-state index is -2.75. The Bertz CT molecular complexity index is 336. The third kappa shape index (κ3) is 3.66. The standard InChI is InChI=1S/C12H24N2O2S/c13-14-12(11-4-2-1-3-5-11)8-10-6-7-17(15,16)9-10/h10-12,14H,1-9,13H2. The molecular formula is C12H24N2O2S. The highest BCUT2D eigenvalue weighted by Crippen LogP contribution is 2.31. The van der Waals surface area contributed by atoms with Gasteiger partial charge in [0.15, 0.2) is 9.84 Å². The summed E-state index contributed by atoms with van der Waals surface area (Å²) in [6.07, 6.45) is 8.18. The fourth-order valence-corrected chi connectivity index (χ4v) is 5.23. The maximum Gasteiger partial charge on any atom is 0.150 e. The number of rotatable bonds is 4. The molecule has 2 unspecified atom stereocenters. The first-order valence-electron chi connectivity index (χ1n) is 6.77. The summed E-state index contributed by atoms with van der Waals surface area (Å²) in [4.78, 5) is 0. The van der Waals surface area contributed by atoms with Crippen LogP contribution in [0.25, 0.3) is 0 Å². The van der Waals surface area contributed by atoms with E-state index in [1.165, 1.54) is 32.1 Å². The highest BCUT2D eigenvalue weighted by Gasteiger charge is 2.32. The number of nitrogens with one attached hydrogen (secondary N) is 1. The van der Waals surface area contributed by atoms with Crippen molar-refractivity contribution in [1.82, 2.24) is 5.43 Å². The minimum absolute atomic E-state index is 0.314. The van der Waals surface area contributed by atoms with Gasteiger partial charge >= 0.3 is 0 Å². The predicted molar refractivity (Wildman–Crippen MR) is 69.1 cm³/mol. The van der Waals surface area contributed by atoms with Crippen LogP contribution in [0.5, 0.6) is 0 Å². The Hall–Kier alpha value is -0.130. The molecule has 4 nitrogen and oxygen atoms in total. The molecule has 0 bridgehead atoms. The molecule has 1 aliphatic carbocycles. The molecule has 100 valence electrons. The molecule has 1 heterocycles. The summed E-state index contributed by atoms with van der Waals surface area (Å²) < 4.78 is 22.9. The zero-order chi connectivity index (χ0) is 12.3. The maximum absolute atomic E-state index is 11.4. The molecule has 1 saturated carbocycles. The van der Waals surface area contributed by atoms with Crippen LogP contribution in [0.1, 0.15) is 44.9 Å². The van der Waals surface area contributed by atoms with Crippen molar-refractivity contribution in [2.75, 3.05) is 11.5 Å². The van der Waals surface area contributed by atoms with Crippen LogP contribution in [-0.4, -0.2) is 26.0 Å². The van der Waals surface area contributed by atoms with Gasteiger partial charge in [-0.3, -0.25) is 11.3 Å². The van der Waals surface area contributed by atoms with Crippen LogP contribution in [0.15, 0.2) is 0 Å². The number of hydrogen-bond acceptors (Lipinski definition) is 4. The highest BCUT2D eigenvalue weighted by atomic mass is 32.2. The highest BCUT2D eigenvalue weighted by molar-refractivity contribution is 7.91. The minimum Gasteiger partial charge on any atom is -0.271 e. The van der Waals surface area contributed by atoms with Gasteiger partial charge in [0.25, 0.3) is 0 Å². The van der Waals surface area contributed by atoms with Crippen molar-refractivity contribution >= 4 is 9.84 Å². The third-order valence-corrected chi connectivity index (χ3v) is 6.18. The fraction of sp³-hybridized carbons (Fsp3) is 1.00. The van der Waals surface area contributed by atoms with Crippen LogP contribution in [0.2, 0.25) is 0 Å². The monoisotopic (exact) mass is 260 g/mol. The average molecular weight is 260 g/mol. The lowest BCUT2D eigenvalue weighted by atomic mass is 9.80. The number of hydrazine groups is 1. The van der Waals surface area contributed by atoms with E-state index in [2.05, 4.69) is 5.43 Å². The SMILES string of the molecule is NNC(CC1CCS(=O)(=O)C1)C1CCCCC1. The first-order chi connectivity index (χ1) is 8.11. The third-order valence-electron chi connectivity index (χ3n) is 4.35. The van der Waals surface area contributed by atoms with Crippen LogP contribution in [-0.2, 0) is 9.84 Å². The van der Waals surface area contributed by atoms with Crippen LogP contribution in [0.3, 0.4) is 0 Å². The first-order valence-corrected chi connectivity index (χ1v) is 8.59. The molecule has 1 saturated heterocycles. The van der Waals surface area contributed by atoms with E-state index in [-0.39, 0.29) is 0 Å². The van der Waals surface area contributed by atoms with Gasteiger partial charge in [-0.15, -0.1) is 0 Å². The zero-order valence-electron chi connectivity index (χ0n) is 10.4. The molecule has 0 amide bonds. The summed E-state index contributed by atoms with van der Waals surface area (Å²) in [5, 5.41) is 0. The Kier molecular flexibility index (Phi) is 4.44. The Morgan fingerprint density at radius 3 is 2.41 bits per heavy atom. The zero-order valence-corrected chi connectivity index (χ0v) is 11.2. The predicted octanol–water partition coefficient (Wildman–Crippen LogP) is 1.22. The molecule has 2 fully saturated rings. The molecule has 2 atom stereocenters. The van der Waals surface area contributed by atoms with Gasteiger partial charge in [-0.2, -0.15) is 0 Å². The molecule has 0 aromatic heterocycles. The van der Waals surface area contributed by atoms with Gasteiger partial charge in [0, 0.05) is 6.04 Å². The summed E-state index contributed by atoms with van der Waals surface area (Å²) in [6, 6.07) is 0.314. The van der Waals surface area contributed by atoms with Crippen LogP contribution in [0, 0.1) is 11.8 Å². The molecular weight excluding hydrogens is 236 g/mol. The quantitative estimate of drug-likeness (QED) is 0.589. The second-order valence-corrected chi connectivity index (χ2v) is 7.90. The van der Waals surface area contributed by atoms with Crippen LogP contribution >= 0.6 is 0 Å². The number of nitrogens with two attached hydrogens (primary N) is 1. The topological polar surface area (TPSA) is 72.2 Å². The molecule has 2 aliphatic rings. The molecule has 3 N–H and O–H groups in total. The van der Waals surface area contributed by atoms with Crippen LogP contribution in [0.4, 0.5) is 0 Å². The van der Waals surface area contributed by atoms with E-state index in [9.17, 15) is 8.42 Å². The summed E-state index contributed by atoms with van der Waals surface area (Å²) in [6.45, 7) is 0. The Balaban J connectivity index is 1.87. The van der Waals surface area contributed by atoms with E-state index in [1.54, 1.807) is 0 Å². The van der Waals surface area contributed by atoms with Crippen molar-refractivity contribution in [3.05, 3.63) is 0 Å². The molecule has 0 aromatic carbocycles. The Morgan fingerprint density at radius 2 is 1.88 bits per heavy atom. The lowest BCUT2D eigenvalue weighted by Crippen LogP contribution is -2.43. The van der Waals surface area contributed by atoms with Crippen molar-refractivity contribution < 1.29 is 8.42 Å². The van der Waals surface area contributed by atoms with Crippen molar-refractivity contribution in [1.29, 1.82) is 0 Å². The first kappa shape index (κ1) is 13.3. The van der Waals surface area contributed by atoms with Crippen LogP contribution < -0.4 is 11.3 Å². The van der Waals surface area contributed by atoms with Gasteiger partial charge in [-0.1, -0.05) is 19.3 Å². The summed E-state index contributed by atoms with van der Waals surface area (Å²) in [5.41, 5.74) is 2.93. The molecule has 1 aliphatic heterocycles. The summed E-state index contributed by atoms with van der Waals surface area (Å²) in [5.74, 6) is 7.37. The molecule has 17 heavy (non-hydrogen) atoms. The van der Waals surface area contributed by atoms with E-state index < -0.39 is 9.84 Å². The largest absolute Gasteiger partial charge is 0.271 e. The van der Waals surface area contributed by atoms with Crippen molar-refractivity contribution in [2.24, 2.45) is 17.7 Å². The second kappa shape index (κ2) is 5.67. The van der Waals surface area contributed by atoms with Gasteiger partial charge in [0.05, 0.1) is 11.5 Å². The molecule has 0 spiro atoms. The fourth-order valence-electron chi connectivity index (χ4n) is 3.35. The average Bonchev–Trinajstić information content (AvgIpc) is 2.67. The molecule has 0 radical (unpaired) electrons. The number of sulfone groups is 1. The van der Waals surface area contributed by atoms with Gasteiger partial charge in [0.1, 0.15) is 0 Å². The lowest BCUT2D eigenvalue weighted by molar-refractivity contribution is 0.240. The van der Waals surface area contributed by atoms with E-state index in [4.69, 9.17) is 5.84 Å². The van der Waals surface area contributed by atoms with Crippen molar-refractivity contribution in [3.63, 3.8) is 0 Å². The smallest absolute Gasteiger partial charge is 0.150 e. The van der Waals surface area contributed by atoms with Crippen molar-refractivity contribution in [3.8, 4) is 0 Å². The molecule has 5 heteroatoms. The Labute approximate surface area is 104 Å². The van der Waals surface area contributed by atoms with Gasteiger partial charge in [-0.05, 0) is 37.5 Å². The normalized spacial score (nSPS) is 31.5. The molecule has 0 aromatic rings. The maximum atomic E-state index is 11.4. The lowest BCUT2D eigenvalue weighted by Gasteiger charge is -2.31. The summed E-state index contributed by atoms with van der Waals surface area (Å²) >= 11 is 0. The van der Waals surface area contributed by atoms with E-state index in [1.807, 2.05) is 0 Å². The number of hydrogen-bond donors (Lipinski definition) is 2. The van der Waals surface area contributed by atoms with E-state index in [0.29, 0.717) is 29.4 Å². The van der Waals surface area contributed by atoms with Gasteiger partial charge in [0.2, 0.25) is 0 Å². The van der Waals surface area contributed by atoms with Gasteiger partial charge in [-0.25, -0.2) is 8.42 Å².